The molecular formula is C9H9+. The molecule has 0 aromatic carbocycles. The van der Waals surface area contributed by atoms with E-state index in [1.807, 2.05) is 0 Å². The molecule has 0 saturated carbocycles. The third kappa shape index (κ3) is 0.629. The molecule has 0 heterocycles. The number of allylic oxidation sites excluding steroid dienone is 6. The standard InChI is InChI=1S/C9H9/c1-7-2-3-8-4-5-9(8)6-7/h2-7H,1H3/q+1/t7-/m1/s1. The Bertz CT molecular complexity index is 216. The summed E-state index contributed by atoms with van der Waals surface area (Å²) in [7, 11) is 0. The van der Waals surface area contributed by atoms with Crippen LogP contribution in [0.1, 0.15) is 6.92 Å². The van der Waals surface area contributed by atoms with Crippen molar-refractivity contribution < 1.29 is 0 Å². The van der Waals surface area contributed by atoms with Gasteiger partial charge < -0.3 is 0 Å². The normalized spacial score (nSPS) is 29.2. The Balaban J connectivity index is 2.37. The van der Waals surface area contributed by atoms with Gasteiger partial charge in [-0.25, -0.2) is 0 Å². The first-order valence-corrected chi connectivity index (χ1v) is 3.32. The van der Waals surface area contributed by atoms with Gasteiger partial charge in [-0.1, -0.05) is 0 Å². The summed E-state index contributed by atoms with van der Waals surface area (Å²) in [5.41, 5.74) is 2.82. The molecule has 0 unspecified atom stereocenters. The molecule has 0 N–H and O–H groups in total. The lowest BCUT2D eigenvalue weighted by Crippen LogP contribution is -2.03. The predicted octanol–water partition coefficient (Wildman–Crippen LogP) is 2.26. The zero-order chi connectivity index (χ0) is 6.27. The molecular weight excluding hydrogens is 108 g/mol. The molecule has 0 bridgehead atoms. The van der Waals surface area contributed by atoms with Gasteiger partial charge in [0, 0.05) is 12.5 Å². The second kappa shape index (κ2) is 1.53. The van der Waals surface area contributed by atoms with Crippen molar-refractivity contribution in [3.05, 3.63) is 41.9 Å². The van der Waals surface area contributed by atoms with Crippen LogP contribution < -0.4 is 0 Å². The Kier molecular flexibility index (Phi) is 0.839. The summed E-state index contributed by atoms with van der Waals surface area (Å²) in [6.45, 7) is 2.20. The summed E-state index contributed by atoms with van der Waals surface area (Å²) in [6.07, 6.45) is 11.0. The molecule has 0 amide bonds. The quantitative estimate of drug-likeness (QED) is 0.427. The van der Waals surface area contributed by atoms with Crippen molar-refractivity contribution in [2.24, 2.45) is 5.92 Å². The van der Waals surface area contributed by atoms with E-state index >= 15 is 0 Å². The van der Waals surface area contributed by atoms with E-state index < -0.39 is 0 Å². The number of hydrogen-bond donors (Lipinski definition) is 0. The molecule has 0 heteroatoms. The Morgan fingerprint density at radius 2 is 2.11 bits per heavy atom. The van der Waals surface area contributed by atoms with E-state index in [1.165, 1.54) is 11.1 Å². The van der Waals surface area contributed by atoms with Crippen LogP contribution in [0.15, 0.2) is 35.5 Å². The largest absolute Gasteiger partial charge is 0.112 e. The number of hydrogen-bond acceptors (Lipinski definition) is 0. The molecule has 1 atom stereocenters. The van der Waals surface area contributed by atoms with Crippen LogP contribution in [-0.4, -0.2) is 0 Å². The van der Waals surface area contributed by atoms with Crippen molar-refractivity contribution in [3.63, 3.8) is 0 Å². The molecule has 0 aliphatic heterocycles. The van der Waals surface area contributed by atoms with Gasteiger partial charge in [0.1, 0.15) is 11.6 Å². The smallest absolute Gasteiger partial charge is 0.0373 e. The minimum Gasteiger partial charge on any atom is -0.0373 e. The SMILES string of the molecule is C[C@H]1C=C2C=CC2=C[CH+]1. The van der Waals surface area contributed by atoms with E-state index in [1.54, 1.807) is 0 Å². The van der Waals surface area contributed by atoms with Gasteiger partial charge in [0.2, 0.25) is 0 Å². The van der Waals surface area contributed by atoms with Gasteiger partial charge in [-0.15, -0.1) is 0 Å². The molecule has 0 saturated heterocycles. The zero-order valence-corrected chi connectivity index (χ0v) is 5.46. The van der Waals surface area contributed by atoms with Crippen LogP contribution in [0, 0.1) is 12.3 Å². The van der Waals surface area contributed by atoms with Gasteiger partial charge in [0.15, 0.2) is 0 Å². The molecule has 0 aromatic rings. The number of rotatable bonds is 0. The van der Waals surface area contributed by atoms with Gasteiger partial charge in [-0.3, -0.25) is 0 Å². The first-order valence-electron chi connectivity index (χ1n) is 3.32. The second-order valence-electron chi connectivity index (χ2n) is 2.63. The minimum atomic E-state index is 0.633. The molecule has 2 aliphatic rings. The van der Waals surface area contributed by atoms with Gasteiger partial charge in [-0.05, 0) is 19.1 Å². The highest BCUT2D eigenvalue weighted by molar-refractivity contribution is 5.59. The van der Waals surface area contributed by atoms with Crippen LogP contribution in [0.25, 0.3) is 0 Å². The first-order chi connectivity index (χ1) is 4.36. The van der Waals surface area contributed by atoms with Gasteiger partial charge in [0.25, 0.3) is 0 Å². The molecule has 0 fully saturated rings. The molecule has 0 spiro atoms. The van der Waals surface area contributed by atoms with Crippen molar-refractivity contribution >= 4 is 0 Å². The lowest BCUT2D eigenvalue weighted by atomic mass is 9.85. The van der Waals surface area contributed by atoms with Crippen molar-refractivity contribution in [2.75, 3.05) is 0 Å². The topological polar surface area (TPSA) is 0 Å². The fourth-order valence-corrected chi connectivity index (χ4v) is 1.17. The highest BCUT2D eigenvalue weighted by Gasteiger charge is 2.22. The highest BCUT2D eigenvalue weighted by atomic mass is 14.2. The second-order valence-corrected chi connectivity index (χ2v) is 2.63. The molecule has 2 rings (SSSR count). The fraction of sp³-hybridized carbons (Fsp3) is 0.222. The fourth-order valence-electron chi connectivity index (χ4n) is 1.17. The van der Waals surface area contributed by atoms with Crippen LogP contribution >= 0.6 is 0 Å². The van der Waals surface area contributed by atoms with Crippen LogP contribution in [0.5, 0.6) is 0 Å². The lowest BCUT2D eigenvalue weighted by Gasteiger charge is -2.11. The monoisotopic (exact) mass is 117 g/mol. The lowest BCUT2D eigenvalue weighted by molar-refractivity contribution is 0.861. The van der Waals surface area contributed by atoms with Gasteiger partial charge in [-0.2, -0.15) is 0 Å². The molecule has 0 radical (unpaired) electrons. The predicted molar refractivity (Wildman–Crippen MR) is 38.8 cm³/mol. The van der Waals surface area contributed by atoms with Crippen LogP contribution in [-0.2, 0) is 0 Å². The van der Waals surface area contributed by atoms with E-state index in [4.69, 9.17) is 0 Å². The van der Waals surface area contributed by atoms with Crippen molar-refractivity contribution in [1.82, 2.24) is 0 Å². The molecule has 9 heavy (non-hydrogen) atoms. The highest BCUT2D eigenvalue weighted by Crippen LogP contribution is 2.30. The minimum absolute atomic E-state index is 0.633. The summed E-state index contributed by atoms with van der Waals surface area (Å²) >= 11 is 0. The van der Waals surface area contributed by atoms with E-state index in [0.29, 0.717) is 5.92 Å². The molecule has 0 nitrogen and oxygen atoms in total. The summed E-state index contributed by atoms with van der Waals surface area (Å²) in [5.74, 6) is 0.633. The Hall–Kier alpha value is -0.910. The Morgan fingerprint density at radius 1 is 1.33 bits per heavy atom. The van der Waals surface area contributed by atoms with E-state index in [0.717, 1.165) is 0 Å². The Morgan fingerprint density at radius 3 is 2.56 bits per heavy atom. The average molecular weight is 117 g/mol. The van der Waals surface area contributed by atoms with Crippen LogP contribution in [0.3, 0.4) is 0 Å². The third-order valence-electron chi connectivity index (χ3n) is 1.80. The zero-order valence-electron chi connectivity index (χ0n) is 5.46. The van der Waals surface area contributed by atoms with E-state index in [-0.39, 0.29) is 0 Å². The average Bonchev–Trinajstić information content (AvgIpc) is 1.78. The summed E-state index contributed by atoms with van der Waals surface area (Å²) < 4.78 is 0. The molecule has 2 aliphatic carbocycles. The third-order valence-corrected chi connectivity index (χ3v) is 1.80. The first kappa shape index (κ1) is 4.92. The maximum atomic E-state index is 2.29. The summed E-state index contributed by atoms with van der Waals surface area (Å²) in [5, 5.41) is 0. The maximum absolute atomic E-state index is 2.29. The molecule has 44 valence electrons. The van der Waals surface area contributed by atoms with E-state index in [9.17, 15) is 0 Å². The van der Waals surface area contributed by atoms with Crippen LogP contribution in [0.2, 0.25) is 0 Å². The van der Waals surface area contributed by atoms with Gasteiger partial charge in [0.05, 0.1) is 11.5 Å². The van der Waals surface area contributed by atoms with Crippen molar-refractivity contribution in [3.8, 4) is 0 Å². The van der Waals surface area contributed by atoms with Crippen molar-refractivity contribution in [1.29, 1.82) is 0 Å². The van der Waals surface area contributed by atoms with Crippen LogP contribution in [0.4, 0.5) is 0 Å². The number of fused-ring (bicyclic) bond motifs is 1. The summed E-state index contributed by atoms with van der Waals surface area (Å²) in [4.78, 5) is 0. The summed E-state index contributed by atoms with van der Waals surface area (Å²) in [6, 6.07) is 0. The molecule has 0 aromatic heterocycles. The maximum Gasteiger partial charge on any atom is 0.112 e. The van der Waals surface area contributed by atoms with Gasteiger partial charge >= 0.3 is 0 Å². The Labute approximate surface area is 55.6 Å². The van der Waals surface area contributed by atoms with Crippen molar-refractivity contribution in [2.45, 2.75) is 6.92 Å². The van der Waals surface area contributed by atoms with E-state index in [2.05, 4.69) is 37.6 Å².